The number of alkyl halides is 2. The number of hydrogen-bond acceptors (Lipinski definition) is 3. The molecule has 0 N–H and O–H groups in total. The molecule has 0 aliphatic heterocycles. The average Bonchev–Trinajstić information content (AvgIpc) is 2.08. The van der Waals surface area contributed by atoms with Crippen LogP contribution in [0.1, 0.15) is 20.3 Å². The molecule has 2 nitrogen and oxygen atoms in total. The molecule has 14 heavy (non-hydrogen) atoms. The quantitative estimate of drug-likeness (QED) is 0.493. The van der Waals surface area contributed by atoms with Gasteiger partial charge in [0.2, 0.25) is 6.43 Å². The normalized spacial score (nSPS) is 11.0. The van der Waals surface area contributed by atoms with Crippen molar-refractivity contribution in [1.82, 2.24) is 0 Å². The maximum Gasteiger partial charge on any atom is 0.315 e. The molecule has 0 spiro atoms. The molecule has 0 heterocycles. The third kappa shape index (κ3) is 9.77. The fourth-order valence-corrected chi connectivity index (χ4v) is 1.37. The number of carbonyl (C=O) groups excluding carboxylic acids is 1. The van der Waals surface area contributed by atoms with Crippen LogP contribution in [-0.4, -0.2) is 30.5 Å². The molecule has 0 fully saturated rings. The lowest BCUT2D eigenvalue weighted by molar-refractivity contribution is -0.141. The Morgan fingerprint density at radius 3 is 2.57 bits per heavy atom. The van der Waals surface area contributed by atoms with Crippen LogP contribution in [0.3, 0.4) is 0 Å². The fraction of sp³-hybridized carbons (Fsp3) is 0.889. The van der Waals surface area contributed by atoms with Crippen LogP contribution in [-0.2, 0) is 9.53 Å². The van der Waals surface area contributed by atoms with E-state index < -0.39 is 6.43 Å². The number of rotatable bonds is 7. The fourth-order valence-electron chi connectivity index (χ4n) is 0.629. The van der Waals surface area contributed by atoms with Crippen LogP contribution in [0.4, 0.5) is 8.78 Å². The Labute approximate surface area is 87.4 Å². The van der Waals surface area contributed by atoms with Gasteiger partial charge in [0.25, 0.3) is 0 Å². The lowest BCUT2D eigenvalue weighted by Gasteiger charge is -2.06. The topological polar surface area (TPSA) is 26.3 Å². The van der Waals surface area contributed by atoms with Crippen LogP contribution in [0, 0.1) is 5.92 Å². The van der Waals surface area contributed by atoms with E-state index in [4.69, 9.17) is 4.74 Å². The predicted octanol–water partition coefficient (Wildman–Crippen LogP) is 2.57. The van der Waals surface area contributed by atoms with Crippen molar-refractivity contribution in [2.75, 3.05) is 18.1 Å². The van der Waals surface area contributed by atoms with E-state index in [1.54, 1.807) is 0 Å². The first-order valence-electron chi connectivity index (χ1n) is 4.54. The van der Waals surface area contributed by atoms with Crippen molar-refractivity contribution < 1.29 is 18.3 Å². The number of hydrogen-bond donors (Lipinski definition) is 0. The minimum atomic E-state index is -2.28. The Morgan fingerprint density at radius 1 is 1.43 bits per heavy atom. The highest BCUT2D eigenvalue weighted by molar-refractivity contribution is 7.99. The molecule has 0 aromatic carbocycles. The van der Waals surface area contributed by atoms with Crippen LogP contribution in [0.15, 0.2) is 0 Å². The molecule has 0 aliphatic rings. The van der Waals surface area contributed by atoms with Gasteiger partial charge in [0.1, 0.15) is 0 Å². The van der Waals surface area contributed by atoms with Crippen molar-refractivity contribution in [3.05, 3.63) is 0 Å². The zero-order chi connectivity index (χ0) is 11.0. The summed E-state index contributed by atoms with van der Waals surface area (Å²) in [5, 5.41) is 0. The summed E-state index contributed by atoms with van der Waals surface area (Å²) < 4.78 is 28.2. The SMILES string of the molecule is CC(C)COC(=O)CSCCC(F)F. The Bertz CT molecular complexity index is 163. The molecule has 0 saturated heterocycles. The molecule has 0 radical (unpaired) electrons. The van der Waals surface area contributed by atoms with Gasteiger partial charge in [0, 0.05) is 6.42 Å². The van der Waals surface area contributed by atoms with Crippen LogP contribution < -0.4 is 0 Å². The van der Waals surface area contributed by atoms with Gasteiger partial charge in [-0.2, -0.15) is 0 Å². The van der Waals surface area contributed by atoms with Crippen molar-refractivity contribution in [3.8, 4) is 0 Å². The number of esters is 1. The molecular formula is C9H16F2O2S. The van der Waals surface area contributed by atoms with E-state index in [0.29, 0.717) is 18.3 Å². The van der Waals surface area contributed by atoms with E-state index in [0.717, 1.165) is 0 Å². The van der Waals surface area contributed by atoms with Crippen molar-refractivity contribution >= 4 is 17.7 Å². The first kappa shape index (κ1) is 13.7. The van der Waals surface area contributed by atoms with E-state index in [1.807, 2.05) is 13.8 Å². The predicted molar refractivity (Wildman–Crippen MR) is 53.7 cm³/mol. The maximum absolute atomic E-state index is 11.7. The number of ether oxygens (including phenoxy) is 1. The molecular weight excluding hydrogens is 210 g/mol. The van der Waals surface area contributed by atoms with Crippen LogP contribution >= 0.6 is 11.8 Å². The van der Waals surface area contributed by atoms with Crippen molar-refractivity contribution in [2.24, 2.45) is 5.92 Å². The van der Waals surface area contributed by atoms with Crippen molar-refractivity contribution in [2.45, 2.75) is 26.7 Å². The standard InChI is InChI=1S/C9H16F2O2S/c1-7(2)5-13-9(12)6-14-4-3-8(10)11/h7-8H,3-6H2,1-2H3. The van der Waals surface area contributed by atoms with E-state index in [-0.39, 0.29) is 18.1 Å². The molecule has 5 heteroatoms. The highest BCUT2D eigenvalue weighted by atomic mass is 32.2. The number of thioether (sulfide) groups is 1. The summed E-state index contributed by atoms with van der Waals surface area (Å²) in [5.41, 5.74) is 0. The van der Waals surface area contributed by atoms with Gasteiger partial charge in [0.05, 0.1) is 12.4 Å². The Balaban J connectivity index is 3.27. The largest absolute Gasteiger partial charge is 0.465 e. The molecule has 0 aromatic rings. The molecule has 0 rings (SSSR count). The second-order valence-corrected chi connectivity index (χ2v) is 4.41. The molecule has 0 atom stereocenters. The Hall–Kier alpha value is -0.320. The third-order valence-electron chi connectivity index (χ3n) is 1.28. The molecule has 0 aromatic heterocycles. The summed E-state index contributed by atoms with van der Waals surface area (Å²) in [7, 11) is 0. The maximum atomic E-state index is 11.7. The summed E-state index contributed by atoms with van der Waals surface area (Å²) in [4.78, 5) is 11.0. The van der Waals surface area contributed by atoms with Gasteiger partial charge in [-0.3, -0.25) is 4.79 Å². The average molecular weight is 226 g/mol. The lowest BCUT2D eigenvalue weighted by Crippen LogP contribution is -2.12. The summed E-state index contributed by atoms with van der Waals surface area (Å²) in [6, 6.07) is 0. The Kier molecular flexibility index (Phi) is 7.84. The van der Waals surface area contributed by atoms with Crippen LogP contribution in [0.25, 0.3) is 0 Å². The highest BCUT2D eigenvalue weighted by Crippen LogP contribution is 2.08. The van der Waals surface area contributed by atoms with E-state index in [9.17, 15) is 13.6 Å². The van der Waals surface area contributed by atoms with Crippen LogP contribution in [0.2, 0.25) is 0 Å². The number of carbonyl (C=O) groups is 1. The van der Waals surface area contributed by atoms with Gasteiger partial charge in [-0.15, -0.1) is 11.8 Å². The summed E-state index contributed by atoms with van der Waals surface area (Å²) in [6.07, 6.45) is -2.45. The zero-order valence-corrected chi connectivity index (χ0v) is 9.28. The van der Waals surface area contributed by atoms with Gasteiger partial charge in [-0.05, 0) is 11.7 Å². The first-order valence-corrected chi connectivity index (χ1v) is 5.69. The summed E-state index contributed by atoms with van der Waals surface area (Å²) in [5.74, 6) is 0.455. The molecule has 0 saturated carbocycles. The summed E-state index contributed by atoms with van der Waals surface area (Å²) >= 11 is 1.19. The smallest absolute Gasteiger partial charge is 0.315 e. The zero-order valence-electron chi connectivity index (χ0n) is 8.46. The van der Waals surface area contributed by atoms with E-state index in [2.05, 4.69) is 0 Å². The van der Waals surface area contributed by atoms with Gasteiger partial charge in [0.15, 0.2) is 0 Å². The number of halogens is 2. The first-order chi connectivity index (χ1) is 6.52. The van der Waals surface area contributed by atoms with Crippen molar-refractivity contribution in [1.29, 1.82) is 0 Å². The second-order valence-electron chi connectivity index (χ2n) is 3.31. The second kappa shape index (κ2) is 8.03. The molecule has 84 valence electrons. The molecule has 0 bridgehead atoms. The van der Waals surface area contributed by atoms with Gasteiger partial charge < -0.3 is 4.74 Å². The monoisotopic (exact) mass is 226 g/mol. The van der Waals surface area contributed by atoms with E-state index >= 15 is 0 Å². The minimum Gasteiger partial charge on any atom is -0.465 e. The van der Waals surface area contributed by atoms with Gasteiger partial charge >= 0.3 is 5.97 Å². The lowest BCUT2D eigenvalue weighted by atomic mass is 10.2. The summed E-state index contributed by atoms with van der Waals surface area (Å²) in [6.45, 7) is 4.28. The Morgan fingerprint density at radius 2 is 2.07 bits per heavy atom. The minimum absolute atomic E-state index is 0.165. The third-order valence-corrected chi connectivity index (χ3v) is 2.24. The van der Waals surface area contributed by atoms with Crippen molar-refractivity contribution in [3.63, 3.8) is 0 Å². The van der Waals surface area contributed by atoms with Crippen LogP contribution in [0.5, 0.6) is 0 Å². The van der Waals surface area contributed by atoms with Gasteiger partial charge in [-0.1, -0.05) is 13.8 Å². The molecule has 0 unspecified atom stereocenters. The molecule has 0 aliphatic carbocycles. The van der Waals surface area contributed by atoms with Gasteiger partial charge in [-0.25, -0.2) is 8.78 Å². The van der Waals surface area contributed by atoms with E-state index in [1.165, 1.54) is 11.8 Å². The highest BCUT2D eigenvalue weighted by Gasteiger charge is 2.06. The molecule has 0 amide bonds.